The van der Waals surface area contributed by atoms with Crippen LogP contribution in [0.15, 0.2) is 78.9 Å². The lowest BCUT2D eigenvalue weighted by molar-refractivity contribution is 0.148. The minimum Gasteiger partial charge on any atom is -0.444 e. The van der Waals surface area contributed by atoms with Gasteiger partial charge in [0.05, 0.1) is 0 Å². The Kier molecular flexibility index (Phi) is 5.00. The molecule has 0 atom stereocenters. The molecule has 3 aromatic rings. The third-order valence-electron chi connectivity index (χ3n) is 3.96. The van der Waals surface area contributed by atoms with E-state index in [1.807, 2.05) is 78.9 Å². The molecule has 0 aliphatic heterocycles. The van der Waals surface area contributed by atoms with Gasteiger partial charge in [-0.25, -0.2) is 4.79 Å². The van der Waals surface area contributed by atoms with Gasteiger partial charge in [0.15, 0.2) is 0 Å². The van der Waals surface area contributed by atoms with Gasteiger partial charge in [0.25, 0.3) is 0 Å². The Bertz CT molecular complexity index is 845. The summed E-state index contributed by atoms with van der Waals surface area (Å²) < 4.78 is 5.38. The molecule has 126 valence electrons. The maximum absolute atomic E-state index is 12.3. The van der Waals surface area contributed by atoms with E-state index >= 15 is 0 Å². The van der Waals surface area contributed by atoms with Crippen LogP contribution in [0, 0.1) is 0 Å². The molecule has 25 heavy (non-hydrogen) atoms. The van der Waals surface area contributed by atoms with Crippen molar-refractivity contribution >= 4 is 17.5 Å². The predicted octanol–water partition coefficient (Wildman–Crippen LogP) is 4.71. The van der Waals surface area contributed by atoms with Crippen LogP contribution >= 0.6 is 0 Å². The lowest BCUT2D eigenvalue weighted by atomic mass is 10.0. The van der Waals surface area contributed by atoms with Crippen LogP contribution in [-0.4, -0.2) is 13.1 Å². The van der Waals surface area contributed by atoms with Crippen LogP contribution in [-0.2, 0) is 11.3 Å². The van der Waals surface area contributed by atoms with Crippen LogP contribution in [0.1, 0.15) is 5.56 Å². The van der Waals surface area contributed by atoms with Gasteiger partial charge in [0, 0.05) is 18.4 Å². The molecule has 2 N–H and O–H groups in total. The largest absolute Gasteiger partial charge is 0.444 e. The molecule has 0 heterocycles. The van der Waals surface area contributed by atoms with Crippen molar-refractivity contribution in [1.29, 1.82) is 0 Å². The zero-order chi connectivity index (χ0) is 17.6. The summed E-state index contributed by atoms with van der Waals surface area (Å²) in [5.41, 5.74) is 10.2. The van der Waals surface area contributed by atoms with Crippen molar-refractivity contribution in [3.63, 3.8) is 0 Å². The standard InChI is InChI=1S/C21H20N2O2/c1-23(21(24)25-15-16-6-3-2-4-7-16)20-9-5-8-18(14-20)17-10-12-19(22)13-11-17/h2-14H,15,22H2,1H3. The molecule has 0 fully saturated rings. The second-order valence-electron chi connectivity index (χ2n) is 5.77. The van der Waals surface area contributed by atoms with E-state index in [-0.39, 0.29) is 6.61 Å². The van der Waals surface area contributed by atoms with E-state index in [1.54, 1.807) is 7.05 Å². The maximum Gasteiger partial charge on any atom is 0.414 e. The van der Waals surface area contributed by atoms with Gasteiger partial charge in [-0.15, -0.1) is 0 Å². The SMILES string of the molecule is CN(C(=O)OCc1ccccc1)c1cccc(-c2ccc(N)cc2)c1. The van der Waals surface area contributed by atoms with Gasteiger partial charge < -0.3 is 10.5 Å². The molecule has 4 nitrogen and oxygen atoms in total. The summed E-state index contributed by atoms with van der Waals surface area (Å²) in [5, 5.41) is 0. The van der Waals surface area contributed by atoms with Crippen molar-refractivity contribution in [1.82, 2.24) is 0 Å². The first-order valence-electron chi connectivity index (χ1n) is 8.04. The summed E-state index contributed by atoms with van der Waals surface area (Å²) >= 11 is 0. The lowest BCUT2D eigenvalue weighted by Gasteiger charge is -2.18. The van der Waals surface area contributed by atoms with E-state index in [2.05, 4.69) is 0 Å². The van der Waals surface area contributed by atoms with Crippen LogP contribution < -0.4 is 10.6 Å². The molecule has 0 bridgehead atoms. The molecule has 0 saturated carbocycles. The first-order valence-corrected chi connectivity index (χ1v) is 8.04. The number of rotatable bonds is 4. The van der Waals surface area contributed by atoms with E-state index < -0.39 is 6.09 Å². The van der Waals surface area contributed by atoms with Gasteiger partial charge in [-0.2, -0.15) is 0 Å². The highest BCUT2D eigenvalue weighted by molar-refractivity contribution is 5.88. The molecule has 1 amide bonds. The molecule has 0 radical (unpaired) electrons. The number of carbonyl (C=O) groups is 1. The van der Waals surface area contributed by atoms with Gasteiger partial charge >= 0.3 is 6.09 Å². The van der Waals surface area contributed by atoms with Crippen molar-refractivity contribution in [2.45, 2.75) is 6.61 Å². The second kappa shape index (κ2) is 7.53. The van der Waals surface area contributed by atoms with Crippen molar-refractivity contribution < 1.29 is 9.53 Å². The van der Waals surface area contributed by atoms with Gasteiger partial charge in [-0.1, -0.05) is 54.6 Å². The zero-order valence-electron chi connectivity index (χ0n) is 14.1. The van der Waals surface area contributed by atoms with Crippen LogP contribution in [0.25, 0.3) is 11.1 Å². The number of nitrogens with zero attached hydrogens (tertiary/aromatic N) is 1. The Morgan fingerprint density at radius 1 is 0.920 bits per heavy atom. The van der Waals surface area contributed by atoms with E-state index in [0.29, 0.717) is 0 Å². The predicted molar refractivity (Wildman–Crippen MR) is 101 cm³/mol. The van der Waals surface area contributed by atoms with Gasteiger partial charge in [-0.05, 0) is 41.0 Å². The number of hydrogen-bond acceptors (Lipinski definition) is 3. The monoisotopic (exact) mass is 332 g/mol. The Hall–Kier alpha value is -3.27. The second-order valence-corrected chi connectivity index (χ2v) is 5.77. The molecular formula is C21H20N2O2. The highest BCUT2D eigenvalue weighted by atomic mass is 16.6. The van der Waals surface area contributed by atoms with E-state index in [0.717, 1.165) is 28.1 Å². The lowest BCUT2D eigenvalue weighted by Crippen LogP contribution is -2.26. The van der Waals surface area contributed by atoms with E-state index in [1.165, 1.54) is 4.90 Å². The summed E-state index contributed by atoms with van der Waals surface area (Å²) in [6, 6.07) is 25.0. The third-order valence-corrected chi connectivity index (χ3v) is 3.96. The number of amides is 1. The fraction of sp³-hybridized carbons (Fsp3) is 0.0952. The fourth-order valence-electron chi connectivity index (χ4n) is 2.49. The number of ether oxygens (including phenoxy) is 1. The normalized spacial score (nSPS) is 10.3. The molecule has 3 aromatic carbocycles. The van der Waals surface area contributed by atoms with Crippen molar-refractivity contribution in [3.05, 3.63) is 84.4 Å². The minimum absolute atomic E-state index is 0.252. The maximum atomic E-state index is 12.3. The van der Waals surface area contributed by atoms with E-state index in [9.17, 15) is 4.79 Å². The summed E-state index contributed by atoms with van der Waals surface area (Å²) in [5.74, 6) is 0. The number of benzene rings is 3. The first-order chi connectivity index (χ1) is 12.1. The average Bonchev–Trinajstić information content (AvgIpc) is 2.67. The Balaban J connectivity index is 1.71. The molecular weight excluding hydrogens is 312 g/mol. The Morgan fingerprint density at radius 3 is 2.36 bits per heavy atom. The molecule has 0 aliphatic carbocycles. The third kappa shape index (κ3) is 4.18. The molecule has 3 rings (SSSR count). The van der Waals surface area contributed by atoms with Gasteiger partial charge in [0.1, 0.15) is 6.61 Å². The average molecular weight is 332 g/mol. The van der Waals surface area contributed by atoms with Crippen LogP contribution in [0.3, 0.4) is 0 Å². The van der Waals surface area contributed by atoms with Crippen LogP contribution in [0.2, 0.25) is 0 Å². The van der Waals surface area contributed by atoms with Crippen molar-refractivity contribution in [3.8, 4) is 11.1 Å². The number of nitrogens with two attached hydrogens (primary N) is 1. The van der Waals surface area contributed by atoms with Crippen LogP contribution in [0.5, 0.6) is 0 Å². The molecule has 0 spiro atoms. The highest BCUT2D eigenvalue weighted by Crippen LogP contribution is 2.25. The molecule has 4 heteroatoms. The summed E-state index contributed by atoms with van der Waals surface area (Å²) in [6.45, 7) is 0.252. The number of nitrogen functional groups attached to an aromatic ring is 1. The Morgan fingerprint density at radius 2 is 1.64 bits per heavy atom. The summed E-state index contributed by atoms with van der Waals surface area (Å²) in [6.07, 6.45) is -0.390. The minimum atomic E-state index is -0.390. The molecule has 0 aromatic heterocycles. The summed E-state index contributed by atoms with van der Waals surface area (Å²) in [4.78, 5) is 13.8. The van der Waals surface area contributed by atoms with Crippen molar-refractivity contribution in [2.24, 2.45) is 0 Å². The highest BCUT2D eigenvalue weighted by Gasteiger charge is 2.13. The number of carbonyl (C=O) groups excluding carboxylic acids is 1. The molecule has 0 aliphatic rings. The van der Waals surface area contributed by atoms with E-state index in [4.69, 9.17) is 10.5 Å². The molecule has 0 saturated heterocycles. The molecule has 0 unspecified atom stereocenters. The smallest absolute Gasteiger partial charge is 0.414 e. The fourth-order valence-corrected chi connectivity index (χ4v) is 2.49. The van der Waals surface area contributed by atoms with Crippen molar-refractivity contribution in [2.75, 3.05) is 17.7 Å². The quantitative estimate of drug-likeness (QED) is 0.704. The number of hydrogen-bond donors (Lipinski definition) is 1. The zero-order valence-corrected chi connectivity index (χ0v) is 14.1. The number of anilines is 2. The van der Waals surface area contributed by atoms with Gasteiger partial charge in [0.2, 0.25) is 0 Å². The summed E-state index contributed by atoms with van der Waals surface area (Å²) in [7, 11) is 1.70. The Labute approximate surface area is 147 Å². The van der Waals surface area contributed by atoms with Crippen LogP contribution in [0.4, 0.5) is 16.2 Å². The first kappa shape index (κ1) is 16.6. The van der Waals surface area contributed by atoms with Gasteiger partial charge in [-0.3, -0.25) is 4.90 Å². The topological polar surface area (TPSA) is 55.6 Å².